The van der Waals surface area contributed by atoms with Crippen LogP contribution in [0, 0.1) is 0 Å². The first-order chi connectivity index (χ1) is 8.38. The molecular formula is C12H20N4S. The summed E-state index contributed by atoms with van der Waals surface area (Å²) in [5, 5.41) is 10.4. The summed E-state index contributed by atoms with van der Waals surface area (Å²) in [5.74, 6) is 0.964. The maximum absolute atomic E-state index is 5.73. The summed E-state index contributed by atoms with van der Waals surface area (Å²) in [6.45, 7) is 0.509. The van der Waals surface area contributed by atoms with E-state index in [1.165, 1.54) is 44.9 Å². The van der Waals surface area contributed by atoms with Gasteiger partial charge in [0.2, 0.25) is 0 Å². The first kappa shape index (κ1) is 11.5. The highest BCUT2D eigenvalue weighted by molar-refractivity contribution is 7.99. The third kappa shape index (κ3) is 2.50. The van der Waals surface area contributed by atoms with Gasteiger partial charge in [-0.05, 0) is 25.7 Å². The van der Waals surface area contributed by atoms with E-state index < -0.39 is 0 Å². The van der Waals surface area contributed by atoms with E-state index in [9.17, 15) is 0 Å². The number of aromatic nitrogens is 3. The second kappa shape index (κ2) is 4.98. The van der Waals surface area contributed by atoms with Gasteiger partial charge in [0.05, 0.1) is 6.54 Å². The van der Waals surface area contributed by atoms with Crippen LogP contribution in [0.4, 0.5) is 0 Å². The standard InChI is InChI=1S/C12H20N4S/c13-8-11-14-15-12(16(11)9-6-7-9)17-10-4-2-1-3-5-10/h9-10H,1-8,13H2. The minimum atomic E-state index is 0.509. The van der Waals surface area contributed by atoms with Crippen LogP contribution in [-0.2, 0) is 6.54 Å². The topological polar surface area (TPSA) is 56.7 Å². The molecule has 2 saturated carbocycles. The van der Waals surface area contributed by atoms with E-state index in [1.807, 2.05) is 11.8 Å². The fraction of sp³-hybridized carbons (Fsp3) is 0.833. The van der Waals surface area contributed by atoms with Crippen molar-refractivity contribution >= 4 is 11.8 Å². The van der Waals surface area contributed by atoms with Gasteiger partial charge in [-0.15, -0.1) is 10.2 Å². The van der Waals surface area contributed by atoms with Crippen molar-refractivity contribution < 1.29 is 0 Å². The Morgan fingerprint density at radius 2 is 1.88 bits per heavy atom. The van der Waals surface area contributed by atoms with Crippen LogP contribution < -0.4 is 5.73 Å². The van der Waals surface area contributed by atoms with Gasteiger partial charge in [-0.1, -0.05) is 31.0 Å². The molecule has 0 unspecified atom stereocenters. The van der Waals surface area contributed by atoms with Gasteiger partial charge in [-0.25, -0.2) is 0 Å². The number of hydrogen-bond acceptors (Lipinski definition) is 4. The van der Waals surface area contributed by atoms with Crippen LogP contribution in [-0.4, -0.2) is 20.0 Å². The zero-order valence-corrected chi connectivity index (χ0v) is 11.0. The lowest BCUT2D eigenvalue weighted by atomic mass is 10.0. The van der Waals surface area contributed by atoms with Crippen LogP contribution in [0.5, 0.6) is 0 Å². The number of thioether (sulfide) groups is 1. The normalized spacial score (nSPS) is 21.9. The summed E-state index contributed by atoms with van der Waals surface area (Å²) in [4.78, 5) is 0. The van der Waals surface area contributed by atoms with Gasteiger partial charge in [0.1, 0.15) is 5.82 Å². The summed E-state index contributed by atoms with van der Waals surface area (Å²) in [6, 6.07) is 0.634. The molecule has 2 aliphatic rings. The van der Waals surface area contributed by atoms with Gasteiger partial charge in [0.25, 0.3) is 0 Å². The summed E-state index contributed by atoms with van der Waals surface area (Å²) in [6.07, 6.45) is 9.35. The van der Waals surface area contributed by atoms with Crippen molar-refractivity contribution in [3.05, 3.63) is 5.82 Å². The van der Waals surface area contributed by atoms with Gasteiger partial charge in [0, 0.05) is 11.3 Å². The summed E-state index contributed by atoms with van der Waals surface area (Å²) in [5.41, 5.74) is 5.73. The molecule has 0 amide bonds. The van der Waals surface area contributed by atoms with Gasteiger partial charge in [-0.2, -0.15) is 0 Å². The molecule has 0 bridgehead atoms. The van der Waals surface area contributed by atoms with E-state index in [1.54, 1.807) is 0 Å². The molecule has 4 nitrogen and oxygen atoms in total. The second-order valence-corrected chi connectivity index (χ2v) is 6.35. The highest BCUT2D eigenvalue weighted by atomic mass is 32.2. The summed E-state index contributed by atoms with van der Waals surface area (Å²) >= 11 is 1.93. The Balaban J connectivity index is 1.74. The maximum atomic E-state index is 5.73. The van der Waals surface area contributed by atoms with Crippen molar-refractivity contribution in [2.75, 3.05) is 0 Å². The van der Waals surface area contributed by atoms with Crippen molar-refractivity contribution in [3.8, 4) is 0 Å². The highest BCUT2D eigenvalue weighted by Crippen LogP contribution is 2.41. The lowest BCUT2D eigenvalue weighted by Crippen LogP contribution is -2.11. The molecule has 0 aromatic carbocycles. The number of rotatable bonds is 4. The Bertz CT molecular complexity index is 380. The molecule has 5 heteroatoms. The molecule has 3 rings (SSSR count). The molecule has 1 aromatic heterocycles. The molecule has 0 spiro atoms. The van der Waals surface area contributed by atoms with E-state index in [0.717, 1.165) is 16.2 Å². The molecule has 2 fully saturated rings. The molecular weight excluding hydrogens is 232 g/mol. The molecule has 2 aliphatic carbocycles. The van der Waals surface area contributed by atoms with E-state index in [0.29, 0.717) is 12.6 Å². The first-order valence-electron chi connectivity index (χ1n) is 6.69. The Hall–Kier alpha value is -0.550. The fourth-order valence-corrected chi connectivity index (χ4v) is 3.88. The van der Waals surface area contributed by atoms with Gasteiger partial charge in [-0.3, -0.25) is 0 Å². The third-order valence-electron chi connectivity index (χ3n) is 3.65. The molecule has 2 N–H and O–H groups in total. The van der Waals surface area contributed by atoms with Gasteiger partial charge in [0.15, 0.2) is 5.16 Å². The van der Waals surface area contributed by atoms with Crippen molar-refractivity contribution in [3.63, 3.8) is 0 Å². The van der Waals surface area contributed by atoms with Crippen molar-refractivity contribution in [1.82, 2.24) is 14.8 Å². The fourth-order valence-electron chi connectivity index (χ4n) is 2.56. The zero-order chi connectivity index (χ0) is 11.7. The van der Waals surface area contributed by atoms with Crippen molar-refractivity contribution in [2.45, 2.75) is 67.9 Å². The zero-order valence-electron chi connectivity index (χ0n) is 10.1. The molecule has 0 radical (unpaired) electrons. The average molecular weight is 252 g/mol. The molecule has 1 aromatic rings. The predicted molar refractivity (Wildman–Crippen MR) is 68.9 cm³/mol. The minimum Gasteiger partial charge on any atom is -0.324 e. The number of hydrogen-bond donors (Lipinski definition) is 1. The van der Waals surface area contributed by atoms with Crippen LogP contribution in [0.25, 0.3) is 0 Å². The van der Waals surface area contributed by atoms with Crippen LogP contribution in [0.3, 0.4) is 0 Å². The minimum absolute atomic E-state index is 0.509. The van der Waals surface area contributed by atoms with Crippen LogP contribution in [0.2, 0.25) is 0 Å². The first-order valence-corrected chi connectivity index (χ1v) is 7.57. The van der Waals surface area contributed by atoms with Gasteiger partial charge >= 0.3 is 0 Å². The Morgan fingerprint density at radius 1 is 1.12 bits per heavy atom. The van der Waals surface area contributed by atoms with E-state index in [4.69, 9.17) is 5.73 Å². The van der Waals surface area contributed by atoms with Crippen molar-refractivity contribution in [1.29, 1.82) is 0 Å². The molecule has 0 atom stereocenters. The maximum Gasteiger partial charge on any atom is 0.191 e. The lowest BCUT2D eigenvalue weighted by molar-refractivity contribution is 0.513. The molecule has 94 valence electrons. The molecule has 17 heavy (non-hydrogen) atoms. The average Bonchev–Trinajstić information content (AvgIpc) is 3.13. The number of nitrogens with zero attached hydrogens (tertiary/aromatic N) is 3. The van der Waals surface area contributed by atoms with E-state index in [-0.39, 0.29) is 0 Å². The monoisotopic (exact) mass is 252 g/mol. The highest BCUT2D eigenvalue weighted by Gasteiger charge is 2.30. The Morgan fingerprint density at radius 3 is 2.53 bits per heavy atom. The largest absolute Gasteiger partial charge is 0.324 e. The molecule has 1 heterocycles. The van der Waals surface area contributed by atoms with E-state index in [2.05, 4.69) is 14.8 Å². The quantitative estimate of drug-likeness (QED) is 0.894. The third-order valence-corrected chi connectivity index (χ3v) is 4.95. The van der Waals surface area contributed by atoms with Crippen LogP contribution >= 0.6 is 11.8 Å². The SMILES string of the molecule is NCc1nnc(SC2CCCCC2)n1C1CC1. The summed E-state index contributed by atoms with van der Waals surface area (Å²) < 4.78 is 2.29. The smallest absolute Gasteiger partial charge is 0.191 e. The Kier molecular flexibility index (Phi) is 3.38. The second-order valence-electron chi connectivity index (χ2n) is 5.08. The van der Waals surface area contributed by atoms with Crippen LogP contribution in [0.15, 0.2) is 5.16 Å². The molecule has 0 aliphatic heterocycles. The molecule has 0 saturated heterocycles. The van der Waals surface area contributed by atoms with Crippen LogP contribution in [0.1, 0.15) is 56.8 Å². The lowest BCUT2D eigenvalue weighted by Gasteiger charge is -2.20. The predicted octanol–water partition coefficient (Wildman–Crippen LogP) is 2.50. The summed E-state index contributed by atoms with van der Waals surface area (Å²) in [7, 11) is 0. The van der Waals surface area contributed by atoms with Gasteiger partial charge < -0.3 is 10.3 Å². The number of nitrogens with two attached hydrogens (primary N) is 1. The van der Waals surface area contributed by atoms with E-state index >= 15 is 0 Å². The Labute approximate surface area is 106 Å². The van der Waals surface area contributed by atoms with Crippen molar-refractivity contribution in [2.24, 2.45) is 5.73 Å².